The van der Waals surface area contributed by atoms with Crippen LogP contribution in [0.4, 0.5) is 0 Å². The van der Waals surface area contributed by atoms with Gasteiger partial charge in [0.1, 0.15) is 5.75 Å². The molecule has 5 heteroatoms. The van der Waals surface area contributed by atoms with Crippen LogP contribution in [0.25, 0.3) is 10.9 Å². The molecule has 3 aromatic rings. The summed E-state index contributed by atoms with van der Waals surface area (Å²) in [6, 6.07) is 14.8. The molecular formula is C18H17N3O2. The van der Waals surface area contributed by atoms with Gasteiger partial charge in [0, 0.05) is 27.7 Å². The van der Waals surface area contributed by atoms with Crippen molar-refractivity contribution in [1.82, 2.24) is 10.4 Å². The van der Waals surface area contributed by atoms with Gasteiger partial charge in [-0.1, -0.05) is 18.2 Å². The van der Waals surface area contributed by atoms with Crippen molar-refractivity contribution in [2.24, 2.45) is 5.10 Å². The number of methoxy groups -OCH3 is 1. The maximum atomic E-state index is 12.0. The van der Waals surface area contributed by atoms with Gasteiger partial charge in [-0.3, -0.25) is 4.79 Å². The molecule has 0 spiro atoms. The van der Waals surface area contributed by atoms with E-state index in [-0.39, 0.29) is 5.91 Å². The van der Waals surface area contributed by atoms with Gasteiger partial charge in [-0.25, -0.2) is 5.43 Å². The van der Waals surface area contributed by atoms with Gasteiger partial charge in [0.2, 0.25) is 0 Å². The summed E-state index contributed by atoms with van der Waals surface area (Å²) in [6.07, 6.45) is 1.66. The summed E-state index contributed by atoms with van der Waals surface area (Å²) in [5.74, 6) is 0.445. The number of ether oxygens (including phenoxy) is 1. The second-order valence-electron chi connectivity index (χ2n) is 5.14. The van der Waals surface area contributed by atoms with E-state index in [0.717, 1.165) is 22.2 Å². The lowest BCUT2D eigenvalue weighted by Crippen LogP contribution is -2.17. The number of aryl methyl sites for hydroxylation is 1. The van der Waals surface area contributed by atoms with Crippen LogP contribution in [-0.2, 0) is 0 Å². The molecule has 5 nitrogen and oxygen atoms in total. The summed E-state index contributed by atoms with van der Waals surface area (Å²) in [5, 5.41) is 5.14. The second-order valence-corrected chi connectivity index (χ2v) is 5.14. The van der Waals surface area contributed by atoms with E-state index in [4.69, 9.17) is 4.74 Å². The summed E-state index contributed by atoms with van der Waals surface area (Å²) < 4.78 is 5.07. The highest BCUT2D eigenvalue weighted by Gasteiger charge is 2.06. The highest BCUT2D eigenvalue weighted by molar-refractivity contribution is 6.01. The number of hydrazone groups is 1. The summed E-state index contributed by atoms with van der Waals surface area (Å²) in [7, 11) is 1.59. The molecule has 3 rings (SSSR count). The Balaban J connectivity index is 1.74. The molecular weight excluding hydrogens is 290 g/mol. The van der Waals surface area contributed by atoms with Gasteiger partial charge >= 0.3 is 0 Å². The molecule has 0 atom stereocenters. The number of H-pyrrole nitrogens is 1. The van der Waals surface area contributed by atoms with Crippen molar-refractivity contribution in [3.63, 3.8) is 0 Å². The molecule has 1 heterocycles. The average Bonchev–Trinajstić information content (AvgIpc) is 2.90. The van der Waals surface area contributed by atoms with Gasteiger partial charge in [-0.05, 0) is 37.3 Å². The lowest BCUT2D eigenvalue weighted by molar-refractivity contribution is 0.0955. The number of nitrogens with zero attached hydrogens (tertiary/aromatic N) is 1. The van der Waals surface area contributed by atoms with Crippen LogP contribution in [0.1, 0.15) is 21.6 Å². The van der Waals surface area contributed by atoms with E-state index in [2.05, 4.69) is 15.5 Å². The van der Waals surface area contributed by atoms with Gasteiger partial charge in [0.05, 0.1) is 13.3 Å². The van der Waals surface area contributed by atoms with Gasteiger partial charge < -0.3 is 9.72 Å². The zero-order valence-corrected chi connectivity index (χ0v) is 13.0. The molecule has 2 N–H and O–H groups in total. The minimum Gasteiger partial charge on any atom is -0.497 e. The van der Waals surface area contributed by atoms with E-state index in [1.165, 1.54) is 0 Å². The SMILES string of the molecule is COc1ccc(C(=O)N/N=C\c2c(C)[nH]c3ccccc23)cc1. The molecule has 0 saturated heterocycles. The lowest BCUT2D eigenvalue weighted by atomic mass is 10.1. The fourth-order valence-electron chi connectivity index (χ4n) is 2.43. The Bertz CT molecular complexity index is 864. The number of aromatic amines is 1. The van der Waals surface area contributed by atoms with Crippen molar-refractivity contribution < 1.29 is 9.53 Å². The molecule has 0 fully saturated rings. The first-order chi connectivity index (χ1) is 11.2. The van der Waals surface area contributed by atoms with Crippen LogP contribution in [0.15, 0.2) is 53.6 Å². The predicted molar refractivity (Wildman–Crippen MR) is 91.1 cm³/mol. The molecule has 0 saturated carbocycles. The van der Waals surface area contributed by atoms with Crippen LogP contribution in [0.2, 0.25) is 0 Å². The zero-order chi connectivity index (χ0) is 16.2. The minimum absolute atomic E-state index is 0.263. The van der Waals surface area contributed by atoms with E-state index in [1.54, 1.807) is 37.6 Å². The highest BCUT2D eigenvalue weighted by Crippen LogP contribution is 2.19. The van der Waals surface area contributed by atoms with Crippen molar-refractivity contribution in [3.05, 3.63) is 65.4 Å². The number of para-hydroxylation sites is 1. The second kappa shape index (κ2) is 6.36. The third-order valence-electron chi connectivity index (χ3n) is 3.66. The van der Waals surface area contributed by atoms with Gasteiger partial charge in [-0.15, -0.1) is 0 Å². The molecule has 0 unspecified atom stereocenters. The highest BCUT2D eigenvalue weighted by atomic mass is 16.5. The number of hydrogen-bond acceptors (Lipinski definition) is 3. The summed E-state index contributed by atoms with van der Waals surface area (Å²) in [5.41, 5.74) is 6.09. The van der Waals surface area contributed by atoms with Gasteiger partial charge in [0.25, 0.3) is 5.91 Å². The van der Waals surface area contributed by atoms with Crippen molar-refractivity contribution in [2.45, 2.75) is 6.92 Å². The van der Waals surface area contributed by atoms with E-state index in [0.29, 0.717) is 11.3 Å². The van der Waals surface area contributed by atoms with Gasteiger partial charge in [0.15, 0.2) is 0 Å². The fraction of sp³-hybridized carbons (Fsp3) is 0.111. The third-order valence-corrected chi connectivity index (χ3v) is 3.66. The number of rotatable bonds is 4. The molecule has 0 aliphatic carbocycles. The van der Waals surface area contributed by atoms with Crippen molar-refractivity contribution in [2.75, 3.05) is 7.11 Å². The topological polar surface area (TPSA) is 66.5 Å². The predicted octanol–water partition coefficient (Wildman–Crippen LogP) is 3.25. The van der Waals surface area contributed by atoms with Crippen LogP contribution in [-0.4, -0.2) is 24.2 Å². The zero-order valence-electron chi connectivity index (χ0n) is 13.0. The standard InChI is InChI=1S/C18H17N3O2/c1-12-16(15-5-3-4-6-17(15)20-12)11-19-21-18(22)13-7-9-14(23-2)10-8-13/h3-11,20H,1-2H3,(H,21,22)/b19-11-. The number of fused-ring (bicyclic) bond motifs is 1. The Hall–Kier alpha value is -3.08. The number of aromatic nitrogens is 1. The van der Waals surface area contributed by atoms with Crippen LogP contribution in [0, 0.1) is 6.92 Å². The Kier molecular flexibility index (Phi) is 4.10. The first-order valence-electron chi connectivity index (χ1n) is 7.24. The van der Waals surface area contributed by atoms with E-state index in [1.807, 2.05) is 31.2 Å². The number of nitrogens with one attached hydrogen (secondary N) is 2. The summed E-state index contributed by atoms with van der Waals surface area (Å²) in [6.45, 7) is 1.98. The molecule has 0 aliphatic rings. The summed E-state index contributed by atoms with van der Waals surface area (Å²) in [4.78, 5) is 15.3. The Morgan fingerprint density at radius 2 is 1.91 bits per heavy atom. The smallest absolute Gasteiger partial charge is 0.271 e. The molecule has 0 aliphatic heterocycles. The summed E-state index contributed by atoms with van der Waals surface area (Å²) >= 11 is 0. The maximum absolute atomic E-state index is 12.0. The molecule has 1 aromatic heterocycles. The quantitative estimate of drug-likeness (QED) is 0.574. The fourth-order valence-corrected chi connectivity index (χ4v) is 2.43. The number of amides is 1. The Labute approximate surface area is 134 Å². The largest absolute Gasteiger partial charge is 0.497 e. The van der Waals surface area contributed by atoms with Gasteiger partial charge in [-0.2, -0.15) is 5.10 Å². The normalized spacial score (nSPS) is 11.0. The number of benzene rings is 2. The first kappa shape index (κ1) is 14.8. The minimum atomic E-state index is -0.263. The van der Waals surface area contributed by atoms with Crippen molar-refractivity contribution >= 4 is 23.0 Å². The molecule has 23 heavy (non-hydrogen) atoms. The monoisotopic (exact) mass is 307 g/mol. The van der Waals surface area contributed by atoms with Crippen molar-refractivity contribution in [3.8, 4) is 5.75 Å². The Morgan fingerprint density at radius 3 is 2.65 bits per heavy atom. The third kappa shape index (κ3) is 3.08. The van der Waals surface area contributed by atoms with E-state index >= 15 is 0 Å². The lowest BCUT2D eigenvalue weighted by Gasteiger charge is -2.02. The molecule has 116 valence electrons. The maximum Gasteiger partial charge on any atom is 0.271 e. The number of carbonyl (C=O) groups excluding carboxylic acids is 1. The molecule has 0 radical (unpaired) electrons. The van der Waals surface area contributed by atoms with E-state index < -0.39 is 0 Å². The molecule has 0 bridgehead atoms. The van der Waals surface area contributed by atoms with Crippen LogP contribution < -0.4 is 10.2 Å². The van der Waals surface area contributed by atoms with Crippen molar-refractivity contribution in [1.29, 1.82) is 0 Å². The Morgan fingerprint density at radius 1 is 1.17 bits per heavy atom. The number of carbonyl (C=O) groups is 1. The number of hydrogen-bond donors (Lipinski definition) is 2. The molecule has 1 amide bonds. The van der Waals surface area contributed by atoms with E-state index in [9.17, 15) is 4.79 Å². The van der Waals surface area contributed by atoms with Crippen LogP contribution in [0.3, 0.4) is 0 Å². The van der Waals surface area contributed by atoms with Crippen LogP contribution in [0.5, 0.6) is 5.75 Å². The molecule has 2 aromatic carbocycles. The van der Waals surface area contributed by atoms with Crippen LogP contribution >= 0.6 is 0 Å². The average molecular weight is 307 g/mol. The first-order valence-corrected chi connectivity index (χ1v) is 7.24.